The molecule has 6 heteroatoms. The van der Waals surface area contributed by atoms with Crippen LogP contribution in [0.2, 0.25) is 5.02 Å². The lowest BCUT2D eigenvalue weighted by Crippen LogP contribution is -2.31. The van der Waals surface area contributed by atoms with E-state index in [9.17, 15) is 4.79 Å². The third-order valence-electron chi connectivity index (χ3n) is 2.25. The minimum absolute atomic E-state index is 0.174. The van der Waals surface area contributed by atoms with E-state index >= 15 is 0 Å². The van der Waals surface area contributed by atoms with Gasteiger partial charge in [0.05, 0.1) is 15.0 Å². The molecule has 1 aliphatic heterocycles. The smallest absolute Gasteiger partial charge is 0.240 e. The number of carbonyl (C=O) groups is 1. The summed E-state index contributed by atoms with van der Waals surface area (Å²) in [5.74, 6) is 0.987. The van der Waals surface area contributed by atoms with Gasteiger partial charge in [-0.2, -0.15) is 0 Å². The monoisotopic (exact) mass is 319 g/mol. The van der Waals surface area contributed by atoms with Gasteiger partial charge in [0.25, 0.3) is 0 Å². The van der Waals surface area contributed by atoms with E-state index in [0.717, 1.165) is 0 Å². The fourth-order valence-electron chi connectivity index (χ4n) is 1.28. The van der Waals surface area contributed by atoms with Gasteiger partial charge in [-0.1, -0.05) is 27.5 Å². The summed E-state index contributed by atoms with van der Waals surface area (Å²) in [6.07, 6.45) is 0. The van der Waals surface area contributed by atoms with Crippen LogP contribution in [0.1, 0.15) is 13.8 Å². The number of fused-ring (bicyclic) bond motifs is 1. The minimum atomic E-state index is -0.660. The number of ether oxygens (including phenoxy) is 2. The van der Waals surface area contributed by atoms with Crippen LogP contribution in [0.25, 0.3) is 0 Å². The maximum atomic E-state index is 11.8. The number of nitrogens with one attached hydrogen (secondary N) is 1. The highest BCUT2D eigenvalue weighted by atomic mass is 79.9. The highest BCUT2D eigenvalue weighted by molar-refractivity contribution is 9.10. The molecule has 0 aliphatic carbocycles. The quantitative estimate of drug-likeness (QED) is 0.851. The van der Waals surface area contributed by atoms with Crippen molar-refractivity contribution in [3.8, 4) is 11.5 Å². The van der Waals surface area contributed by atoms with E-state index < -0.39 is 4.32 Å². The molecule has 1 heterocycles. The summed E-state index contributed by atoms with van der Waals surface area (Å²) < 4.78 is 9.74. The molecule has 1 N–H and O–H groups in total. The molecule has 0 saturated heterocycles. The maximum Gasteiger partial charge on any atom is 0.240 e. The van der Waals surface area contributed by atoms with Gasteiger partial charge >= 0.3 is 0 Å². The van der Waals surface area contributed by atoms with Crippen molar-refractivity contribution in [2.24, 2.45) is 0 Å². The lowest BCUT2D eigenvalue weighted by atomic mass is 10.2. The summed E-state index contributed by atoms with van der Waals surface area (Å²) in [5, 5.41) is 3.14. The minimum Gasteiger partial charge on any atom is -0.454 e. The second-order valence-corrected chi connectivity index (χ2v) is 6.50. The average molecular weight is 321 g/mol. The molecule has 92 valence electrons. The van der Waals surface area contributed by atoms with Crippen molar-refractivity contribution in [1.29, 1.82) is 0 Å². The zero-order chi connectivity index (χ0) is 12.6. The molecule has 0 bridgehead atoms. The van der Waals surface area contributed by atoms with E-state index in [4.69, 9.17) is 21.1 Å². The van der Waals surface area contributed by atoms with E-state index in [2.05, 4.69) is 21.2 Å². The van der Waals surface area contributed by atoms with E-state index in [1.807, 2.05) is 0 Å². The number of alkyl halides is 1. The molecule has 1 aromatic carbocycles. The predicted octanol–water partition coefficient (Wildman–Crippen LogP) is 3.18. The van der Waals surface area contributed by atoms with Crippen LogP contribution in [0.5, 0.6) is 11.5 Å². The van der Waals surface area contributed by atoms with E-state index in [1.54, 1.807) is 26.0 Å². The van der Waals surface area contributed by atoms with Crippen LogP contribution in [-0.2, 0) is 4.79 Å². The molecule has 0 fully saturated rings. The van der Waals surface area contributed by atoms with Gasteiger partial charge in [0.15, 0.2) is 11.5 Å². The van der Waals surface area contributed by atoms with Crippen molar-refractivity contribution in [2.45, 2.75) is 18.2 Å². The number of rotatable bonds is 2. The zero-order valence-electron chi connectivity index (χ0n) is 9.34. The third kappa shape index (κ3) is 2.66. The Bertz CT molecular complexity index is 471. The van der Waals surface area contributed by atoms with Gasteiger partial charge in [-0.05, 0) is 13.8 Å². The number of carbonyl (C=O) groups excluding carboxylic acids is 1. The average Bonchev–Trinajstić information content (AvgIpc) is 2.63. The number of halogens is 2. The molecular formula is C11H11BrClNO3. The Labute approximate surface area is 112 Å². The van der Waals surface area contributed by atoms with Gasteiger partial charge in [-0.3, -0.25) is 4.79 Å². The third-order valence-corrected chi connectivity index (χ3v) is 2.92. The van der Waals surface area contributed by atoms with Crippen LogP contribution < -0.4 is 14.8 Å². The zero-order valence-corrected chi connectivity index (χ0v) is 11.7. The van der Waals surface area contributed by atoms with Crippen molar-refractivity contribution >= 4 is 39.1 Å². The molecule has 17 heavy (non-hydrogen) atoms. The lowest BCUT2D eigenvalue weighted by Gasteiger charge is -2.16. The maximum absolute atomic E-state index is 11.8. The molecule has 0 radical (unpaired) electrons. The first-order valence-corrected chi connectivity index (χ1v) is 6.14. The standard InChI is InChI=1S/C11H11BrClNO3/c1-11(2,12)10(15)14-7-4-9-8(3-6(7)13)16-5-17-9/h3-4H,5H2,1-2H3,(H,14,15). The summed E-state index contributed by atoms with van der Waals surface area (Å²) in [7, 11) is 0. The molecule has 0 spiro atoms. The number of amides is 1. The molecule has 1 aliphatic rings. The van der Waals surface area contributed by atoms with Crippen molar-refractivity contribution in [3.63, 3.8) is 0 Å². The highest BCUT2D eigenvalue weighted by Crippen LogP contribution is 2.39. The Balaban J connectivity index is 2.25. The molecule has 0 atom stereocenters. The van der Waals surface area contributed by atoms with Gasteiger partial charge in [-0.15, -0.1) is 0 Å². The summed E-state index contributed by atoms with van der Waals surface area (Å²) in [6.45, 7) is 3.68. The van der Waals surface area contributed by atoms with Crippen LogP contribution >= 0.6 is 27.5 Å². The molecule has 1 amide bonds. The van der Waals surface area contributed by atoms with Gasteiger partial charge < -0.3 is 14.8 Å². The molecule has 0 unspecified atom stereocenters. The van der Waals surface area contributed by atoms with Crippen LogP contribution in [0, 0.1) is 0 Å². The summed E-state index contributed by atoms with van der Waals surface area (Å²) in [4.78, 5) is 11.8. The number of benzene rings is 1. The Hall–Kier alpha value is -0.940. The second-order valence-electron chi connectivity index (χ2n) is 4.11. The largest absolute Gasteiger partial charge is 0.454 e. The van der Waals surface area contributed by atoms with Gasteiger partial charge in [-0.25, -0.2) is 0 Å². The first-order chi connectivity index (χ1) is 7.88. The SMILES string of the molecule is CC(C)(Br)C(=O)Nc1cc2c(cc1Cl)OCO2. The van der Waals surface area contributed by atoms with Crippen molar-refractivity contribution < 1.29 is 14.3 Å². The Morgan fingerprint density at radius 2 is 2.00 bits per heavy atom. The normalized spacial score (nSPS) is 13.6. The fraction of sp³-hybridized carbons (Fsp3) is 0.364. The number of anilines is 1. The topological polar surface area (TPSA) is 47.6 Å². The number of hydrogen-bond donors (Lipinski definition) is 1. The Morgan fingerprint density at radius 3 is 2.59 bits per heavy atom. The predicted molar refractivity (Wildman–Crippen MR) is 69.2 cm³/mol. The summed E-state index contributed by atoms with van der Waals surface area (Å²) in [5.41, 5.74) is 0.508. The molecule has 0 saturated carbocycles. The van der Waals surface area contributed by atoms with Crippen LogP contribution in [0.15, 0.2) is 12.1 Å². The fourth-order valence-corrected chi connectivity index (χ4v) is 1.58. The van der Waals surface area contributed by atoms with Crippen molar-refractivity contribution in [2.75, 3.05) is 12.1 Å². The Morgan fingerprint density at radius 1 is 1.41 bits per heavy atom. The van der Waals surface area contributed by atoms with E-state index in [1.165, 1.54) is 0 Å². The van der Waals surface area contributed by atoms with Gasteiger partial charge in [0, 0.05) is 12.1 Å². The lowest BCUT2D eigenvalue weighted by molar-refractivity contribution is -0.117. The van der Waals surface area contributed by atoms with Crippen molar-refractivity contribution in [3.05, 3.63) is 17.2 Å². The first kappa shape index (κ1) is 12.5. The van der Waals surface area contributed by atoms with Gasteiger partial charge in [0.2, 0.25) is 12.7 Å². The van der Waals surface area contributed by atoms with E-state index in [0.29, 0.717) is 22.2 Å². The highest BCUT2D eigenvalue weighted by Gasteiger charge is 2.25. The van der Waals surface area contributed by atoms with E-state index in [-0.39, 0.29) is 12.7 Å². The molecule has 0 aromatic heterocycles. The second kappa shape index (κ2) is 4.38. The Kier molecular flexibility index (Phi) is 3.23. The molecule has 1 aromatic rings. The van der Waals surface area contributed by atoms with Crippen LogP contribution in [-0.4, -0.2) is 17.0 Å². The first-order valence-electron chi connectivity index (χ1n) is 4.97. The summed E-state index contributed by atoms with van der Waals surface area (Å²) >= 11 is 9.31. The number of hydrogen-bond acceptors (Lipinski definition) is 3. The van der Waals surface area contributed by atoms with Crippen LogP contribution in [0.4, 0.5) is 5.69 Å². The summed E-state index contributed by atoms with van der Waals surface area (Å²) in [6, 6.07) is 3.28. The van der Waals surface area contributed by atoms with Gasteiger partial charge in [0.1, 0.15) is 0 Å². The molecule has 4 nitrogen and oxygen atoms in total. The van der Waals surface area contributed by atoms with Crippen LogP contribution in [0.3, 0.4) is 0 Å². The van der Waals surface area contributed by atoms with Crippen molar-refractivity contribution in [1.82, 2.24) is 0 Å². The molecule has 2 rings (SSSR count). The molecular weight excluding hydrogens is 309 g/mol.